The number of carbonyl (C=O) groups excluding carboxylic acids is 7. The van der Waals surface area contributed by atoms with E-state index in [1.165, 1.54) is 28.3 Å². The third-order valence-corrected chi connectivity index (χ3v) is 7.53. The molecule has 0 spiro atoms. The summed E-state index contributed by atoms with van der Waals surface area (Å²) in [6, 6.07) is 8.83. The predicted molar refractivity (Wildman–Crippen MR) is 168 cm³/mol. The summed E-state index contributed by atoms with van der Waals surface area (Å²) in [6.45, 7) is 0.705. The summed E-state index contributed by atoms with van der Waals surface area (Å²) in [5.41, 5.74) is 0.998. The number of hydrogen-bond acceptors (Lipinski definition) is 13. The Morgan fingerprint density at radius 1 is 0.571 bits per heavy atom. The molecule has 0 amide bonds. The smallest absolute Gasteiger partial charge is 0.355 e. The number of benzene rings is 1. The third kappa shape index (κ3) is 10.1. The lowest BCUT2D eigenvalue weighted by Crippen LogP contribution is -2.14. The van der Waals surface area contributed by atoms with Crippen LogP contribution in [-0.4, -0.2) is 80.0 Å². The molecule has 0 aliphatic rings. The zero-order valence-corrected chi connectivity index (χ0v) is 27.9. The van der Waals surface area contributed by atoms with Gasteiger partial charge in [-0.3, -0.25) is 28.8 Å². The Bertz CT molecular complexity index is 1700. The van der Waals surface area contributed by atoms with Gasteiger partial charge in [-0.05, 0) is 40.7 Å². The highest BCUT2D eigenvalue weighted by Gasteiger charge is 2.32. The lowest BCUT2D eigenvalue weighted by atomic mass is 9.95. The molecule has 262 valence electrons. The van der Waals surface area contributed by atoms with E-state index < -0.39 is 48.0 Å². The number of methoxy groups -OCH3 is 4. The van der Waals surface area contributed by atoms with Gasteiger partial charge in [0.25, 0.3) is 0 Å². The molecular formula is C34H38N2O13. The Morgan fingerprint density at radius 3 is 1.61 bits per heavy atom. The van der Waals surface area contributed by atoms with E-state index in [0.29, 0.717) is 5.56 Å². The van der Waals surface area contributed by atoms with Gasteiger partial charge in [0.05, 0.1) is 58.4 Å². The van der Waals surface area contributed by atoms with E-state index >= 15 is 0 Å². The van der Waals surface area contributed by atoms with Crippen LogP contribution in [0.2, 0.25) is 0 Å². The Morgan fingerprint density at radius 2 is 1.08 bits per heavy atom. The van der Waals surface area contributed by atoms with E-state index in [1.54, 1.807) is 30.3 Å². The van der Waals surface area contributed by atoms with Crippen LogP contribution in [0.1, 0.15) is 79.9 Å². The molecule has 1 aromatic carbocycles. The number of ether oxygens (including phenoxy) is 6. The molecule has 0 saturated heterocycles. The average Bonchev–Trinajstić information content (AvgIpc) is 3.64. The molecule has 0 aliphatic heterocycles. The van der Waals surface area contributed by atoms with Gasteiger partial charge in [-0.25, -0.2) is 4.79 Å². The predicted octanol–water partition coefficient (Wildman–Crippen LogP) is 2.64. The standard InChI is InChI=1S/C34H38N2O13/c1-19(37)48-18-25-23(15-28(40)46-4)21(11-13-26(38)44-2)30(35-25)33(42)31-24(16-29(41)47-5)22(12-14-27(39)45-3)32(36-31)34(43)49-17-20-9-7-6-8-10-20/h6-10,35-36H,11-18H2,1-5H3. The van der Waals surface area contributed by atoms with Crippen molar-refractivity contribution < 1.29 is 62.0 Å². The number of nitrogens with one attached hydrogen (secondary N) is 2. The minimum absolute atomic E-state index is 0.0528. The number of ketones is 1. The minimum Gasteiger partial charge on any atom is -0.469 e. The molecule has 15 nitrogen and oxygen atoms in total. The summed E-state index contributed by atoms with van der Waals surface area (Å²) >= 11 is 0. The Kier molecular flexibility index (Phi) is 13.8. The average molecular weight is 683 g/mol. The van der Waals surface area contributed by atoms with E-state index in [1.807, 2.05) is 0 Å². The van der Waals surface area contributed by atoms with Gasteiger partial charge in [-0.1, -0.05) is 30.3 Å². The highest BCUT2D eigenvalue weighted by molar-refractivity contribution is 6.11. The van der Waals surface area contributed by atoms with Crippen molar-refractivity contribution >= 4 is 41.6 Å². The van der Waals surface area contributed by atoms with Crippen molar-refractivity contribution in [3.05, 3.63) is 80.9 Å². The summed E-state index contributed by atoms with van der Waals surface area (Å²) in [6.07, 6.45) is -1.46. The SMILES string of the molecule is COC(=O)CCc1c(C(=O)c2[nH]c(C(=O)OCc3ccccc3)c(CCC(=O)OC)c2CC(=O)OC)[nH]c(COC(C)=O)c1CC(=O)OC. The molecule has 0 saturated carbocycles. The molecular weight excluding hydrogens is 644 g/mol. The lowest BCUT2D eigenvalue weighted by Gasteiger charge is -2.09. The topological polar surface area (TPSA) is 206 Å². The summed E-state index contributed by atoms with van der Waals surface area (Å²) < 4.78 is 30.0. The molecule has 3 aromatic rings. The zero-order chi connectivity index (χ0) is 36.1. The highest BCUT2D eigenvalue weighted by Crippen LogP contribution is 2.30. The van der Waals surface area contributed by atoms with Gasteiger partial charge in [0.15, 0.2) is 0 Å². The zero-order valence-electron chi connectivity index (χ0n) is 27.9. The van der Waals surface area contributed by atoms with E-state index in [9.17, 15) is 33.6 Å². The maximum absolute atomic E-state index is 14.5. The van der Waals surface area contributed by atoms with Crippen molar-refractivity contribution in [1.29, 1.82) is 0 Å². The monoisotopic (exact) mass is 682 g/mol. The van der Waals surface area contributed by atoms with Crippen LogP contribution in [0.5, 0.6) is 0 Å². The van der Waals surface area contributed by atoms with Crippen molar-refractivity contribution in [2.24, 2.45) is 0 Å². The molecule has 2 aromatic heterocycles. The van der Waals surface area contributed by atoms with Crippen molar-refractivity contribution in [3.63, 3.8) is 0 Å². The van der Waals surface area contributed by atoms with Gasteiger partial charge < -0.3 is 38.4 Å². The summed E-state index contributed by atoms with van der Waals surface area (Å²) in [5, 5.41) is 0. The number of carbonyl (C=O) groups is 7. The van der Waals surface area contributed by atoms with Gasteiger partial charge >= 0.3 is 35.8 Å². The second kappa shape index (κ2) is 18.0. The molecule has 2 heterocycles. The first kappa shape index (κ1) is 37.7. The second-order valence-corrected chi connectivity index (χ2v) is 10.6. The van der Waals surface area contributed by atoms with Crippen LogP contribution in [0.15, 0.2) is 30.3 Å². The lowest BCUT2D eigenvalue weighted by molar-refractivity contribution is -0.142. The molecule has 0 radical (unpaired) electrons. The van der Waals surface area contributed by atoms with E-state index in [0.717, 1.165) is 7.11 Å². The molecule has 0 bridgehead atoms. The molecule has 49 heavy (non-hydrogen) atoms. The van der Waals surface area contributed by atoms with Crippen LogP contribution in [-0.2, 0) is 91.3 Å². The van der Waals surface area contributed by atoms with Gasteiger partial charge in [0, 0.05) is 19.8 Å². The third-order valence-electron chi connectivity index (χ3n) is 7.53. The quantitative estimate of drug-likeness (QED) is 0.119. The van der Waals surface area contributed by atoms with Crippen LogP contribution in [0.4, 0.5) is 0 Å². The Hall–Kier alpha value is -5.73. The van der Waals surface area contributed by atoms with Crippen LogP contribution in [0, 0.1) is 0 Å². The van der Waals surface area contributed by atoms with E-state index in [2.05, 4.69) is 9.97 Å². The first-order valence-corrected chi connectivity index (χ1v) is 15.1. The van der Waals surface area contributed by atoms with Crippen LogP contribution < -0.4 is 0 Å². The number of H-pyrrole nitrogens is 2. The first-order chi connectivity index (χ1) is 23.4. The van der Waals surface area contributed by atoms with Crippen molar-refractivity contribution in [2.45, 2.75) is 58.7 Å². The van der Waals surface area contributed by atoms with Crippen molar-refractivity contribution in [3.8, 4) is 0 Å². The van der Waals surface area contributed by atoms with E-state index in [-0.39, 0.29) is 90.3 Å². The fourth-order valence-electron chi connectivity index (χ4n) is 5.04. The van der Waals surface area contributed by atoms with Gasteiger partial charge in [-0.15, -0.1) is 0 Å². The molecule has 2 N–H and O–H groups in total. The summed E-state index contributed by atoms with van der Waals surface area (Å²) in [4.78, 5) is 94.9. The number of rotatable bonds is 17. The molecule has 0 aliphatic carbocycles. The first-order valence-electron chi connectivity index (χ1n) is 15.1. The number of esters is 6. The van der Waals surface area contributed by atoms with Gasteiger partial charge in [0.2, 0.25) is 5.78 Å². The normalized spacial score (nSPS) is 10.6. The van der Waals surface area contributed by atoms with Gasteiger partial charge in [-0.2, -0.15) is 0 Å². The number of aromatic amines is 2. The van der Waals surface area contributed by atoms with Crippen LogP contribution >= 0.6 is 0 Å². The fourth-order valence-corrected chi connectivity index (χ4v) is 5.04. The summed E-state index contributed by atoms with van der Waals surface area (Å²) in [5.74, 6) is -4.93. The maximum Gasteiger partial charge on any atom is 0.355 e. The molecule has 3 rings (SSSR count). The maximum atomic E-state index is 14.5. The highest BCUT2D eigenvalue weighted by atomic mass is 16.5. The molecule has 0 fully saturated rings. The number of aromatic nitrogens is 2. The van der Waals surface area contributed by atoms with Crippen LogP contribution in [0.3, 0.4) is 0 Å². The molecule has 0 unspecified atom stereocenters. The Labute approximate surface area is 281 Å². The second-order valence-electron chi connectivity index (χ2n) is 10.6. The molecule has 0 atom stereocenters. The largest absolute Gasteiger partial charge is 0.469 e. The molecule has 15 heteroatoms. The van der Waals surface area contributed by atoms with Crippen LogP contribution in [0.25, 0.3) is 0 Å². The fraction of sp³-hybridized carbons (Fsp3) is 0.382. The number of hydrogen-bond donors (Lipinski definition) is 2. The van der Waals surface area contributed by atoms with Crippen molar-refractivity contribution in [1.82, 2.24) is 9.97 Å². The van der Waals surface area contributed by atoms with E-state index in [4.69, 9.17) is 28.4 Å². The summed E-state index contributed by atoms with van der Waals surface area (Å²) in [7, 11) is 4.71. The Balaban J connectivity index is 2.25. The van der Waals surface area contributed by atoms with Crippen molar-refractivity contribution in [2.75, 3.05) is 28.4 Å². The van der Waals surface area contributed by atoms with Gasteiger partial charge in [0.1, 0.15) is 18.9 Å². The minimum atomic E-state index is -0.867.